The molecule has 3 aromatic rings. The molecular weight excluding hydrogens is 426 g/mol. The molecule has 0 spiro atoms. The van der Waals surface area contributed by atoms with Gasteiger partial charge in [0, 0.05) is 11.4 Å². The Morgan fingerprint density at radius 2 is 2.19 bits per heavy atom. The van der Waals surface area contributed by atoms with E-state index in [9.17, 15) is 9.59 Å². The maximum atomic E-state index is 13.6. The van der Waals surface area contributed by atoms with Crippen molar-refractivity contribution in [3.05, 3.63) is 56.7 Å². The number of benzene rings is 1. The normalized spacial score (nSPS) is 15.4. The third-order valence-electron chi connectivity index (χ3n) is 5.57. The number of nitrogens with one attached hydrogen (secondary N) is 1. The molecule has 0 bridgehead atoms. The maximum absolute atomic E-state index is 13.6. The fourth-order valence-electron chi connectivity index (χ4n) is 3.93. The van der Waals surface area contributed by atoms with Crippen LogP contribution in [0, 0.1) is 18.3 Å². The summed E-state index contributed by atoms with van der Waals surface area (Å²) in [5.74, 6) is 3.05. The Morgan fingerprint density at radius 3 is 2.97 bits per heavy atom. The summed E-state index contributed by atoms with van der Waals surface area (Å²) >= 11 is 2.93. The van der Waals surface area contributed by atoms with Crippen LogP contribution >= 0.6 is 23.1 Å². The second-order valence-corrected chi connectivity index (χ2v) is 9.91. The van der Waals surface area contributed by atoms with Crippen LogP contribution in [0.4, 0.5) is 0 Å². The molecule has 2 heterocycles. The molecule has 0 fully saturated rings. The van der Waals surface area contributed by atoms with Crippen molar-refractivity contribution in [1.82, 2.24) is 14.9 Å². The van der Waals surface area contributed by atoms with Crippen LogP contribution in [0.1, 0.15) is 29.3 Å². The molecule has 160 valence electrons. The van der Waals surface area contributed by atoms with Crippen LogP contribution in [0.3, 0.4) is 0 Å². The van der Waals surface area contributed by atoms with E-state index in [0.29, 0.717) is 17.6 Å². The van der Waals surface area contributed by atoms with Crippen molar-refractivity contribution in [2.45, 2.75) is 44.3 Å². The van der Waals surface area contributed by atoms with Crippen molar-refractivity contribution in [3.63, 3.8) is 0 Å². The van der Waals surface area contributed by atoms with E-state index in [-0.39, 0.29) is 23.8 Å². The number of fused-ring (bicyclic) bond motifs is 3. The number of thiophene rings is 1. The minimum atomic E-state index is -0.161. The molecule has 0 radical (unpaired) electrons. The first-order valence-electron chi connectivity index (χ1n) is 10.5. The number of terminal acetylenes is 1. The molecule has 1 unspecified atom stereocenters. The topological polar surface area (TPSA) is 64.0 Å². The smallest absolute Gasteiger partial charge is 0.263 e. The molecule has 5 nitrogen and oxygen atoms in total. The van der Waals surface area contributed by atoms with Crippen LogP contribution < -0.4 is 10.9 Å². The molecule has 2 aromatic heterocycles. The number of nitrogens with zero attached hydrogens (tertiary/aromatic N) is 2. The van der Waals surface area contributed by atoms with Gasteiger partial charge in [-0.1, -0.05) is 54.9 Å². The minimum Gasteiger partial charge on any atom is -0.344 e. The lowest BCUT2D eigenvalue weighted by Gasteiger charge is -2.17. The Bertz CT molecular complexity index is 1190. The van der Waals surface area contributed by atoms with Crippen LogP contribution in [0.2, 0.25) is 0 Å². The highest BCUT2D eigenvalue weighted by Crippen LogP contribution is 2.36. The Balaban J connectivity index is 1.69. The molecule has 4 rings (SSSR count). The van der Waals surface area contributed by atoms with Gasteiger partial charge in [0.05, 0.1) is 17.7 Å². The van der Waals surface area contributed by atoms with Crippen LogP contribution in [-0.4, -0.2) is 27.8 Å². The third kappa shape index (κ3) is 4.86. The number of carbonyl (C=O) groups excluding carboxylic acids is 1. The van der Waals surface area contributed by atoms with Gasteiger partial charge in [0.25, 0.3) is 5.56 Å². The first-order chi connectivity index (χ1) is 15.1. The monoisotopic (exact) mass is 451 g/mol. The van der Waals surface area contributed by atoms with E-state index in [4.69, 9.17) is 11.4 Å². The molecule has 1 N–H and O–H groups in total. The van der Waals surface area contributed by atoms with Crippen molar-refractivity contribution in [2.24, 2.45) is 5.92 Å². The highest BCUT2D eigenvalue weighted by atomic mass is 32.2. The van der Waals surface area contributed by atoms with Gasteiger partial charge >= 0.3 is 0 Å². The number of aryl methyl sites for hydroxylation is 2. The predicted molar refractivity (Wildman–Crippen MR) is 128 cm³/mol. The zero-order valence-electron chi connectivity index (χ0n) is 17.5. The van der Waals surface area contributed by atoms with Crippen LogP contribution in [0.15, 0.2) is 40.3 Å². The Kier molecular flexibility index (Phi) is 6.79. The lowest BCUT2D eigenvalue weighted by atomic mass is 9.89. The summed E-state index contributed by atoms with van der Waals surface area (Å²) in [6.07, 6.45) is 9.00. The van der Waals surface area contributed by atoms with E-state index in [0.717, 1.165) is 35.9 Å². The van der Waals surface area contributed by atoms with Crippen molar-refractivity contribution < 1.29 is 4.79 Å². The molecule has 1 aliphatic carbocycles. The molecule has 0 aliphatic heterocycles. The van der Waals surface area contributed by atoms with Crippen LogP contribution in [0.25, 0.3) is 10.2 Å². The average Bonchev–Trinajstić information content (AvgIpc) is 3.13. The Hall–Kier alpha value is -2.56. The summed E-state index contributed by atoms with van der Waals surface area (Å²) in [5.41, 5.74) is 2.37. The summed E-state index contributed by atoms with van der Waals surface area (Å²) in [6.45, 7) is 2.98. The molecule has 0 saturated heterocycles. The molecule has 1 aromatic carbocycles. The summed E-state index contributed by atoms with van der Waals surface area (Å²) in [5, 5.41) is 4.04. The van der Waals surface area contributed by atoms with Crippen LogP contribution in [0.5, 0.6) is 0 Å². The van der Waals surface area contributed by atoms with Crippen molar-refractivity contribution in [3.8, 4) is 12.3 Å². The molecule has 31 heavy (non-hydrogen) atoms. The van der Waals surface area contributed by atoms with Gasteiger partial charge in [-0.05, 0) is 42.7 Å². The van der Waals surface area contributed by atoms with Crippen molar-refractivity contribution >= 4 is 39.2 Å². The zero-order chi connectivity index (χ0) is 21.8. The number of aromatic nitrogens is 2. The Morgan fingerprint density at radius 1 is 1.39 bits per heavy atom. The lowest BCUT2D eigenvalue weighted by Crippen LogP contribution is -2.27. The van der Waals surface area contributed by atoms with Gasteiger partial charge < -0.3 is 5.32 Å². The molecular formula is C24H25N3O2S2. The minimum absolute atomic E-state index is 0.0134. The predicted octanol–water partition coefficient (Wildman–Crippen LogP) is 3.67. The van der Waals surface area contributed by atoms with E-state index < -0.39 is 0 Å². The zero-order valence-corrected chi connectivity index (χ0v) is 19.2. The van der Waals surface area contributed by atoms with Crippen molar-refractivity contribution in [2.75, 3.05) is 12.3 Å². The van der Waals surface area contributed by atoms with Gasteiger partial charge in [-0.3, -0.25) is 14.2 Å². The summed E-state index contributed by atoms with van der Waals surface area (Å²) in [4.78, 5) is 32.6. The maximum Gasteiger partial charge on any atom is 0.263 e. The van der Waals surface area contributed by atoms with E-state index in [1.165, 1.54) is 27.8 Å². The highest BCUT2D eigenvalue weighted by molar-refractivity contribution is 7.99. The number of hydrogen-bond acceptors (Lipinski definition) is 5. The fourth-order valence-corrected chi connectivity index (χ4v) is 6.21. The van der Waals surface area contributed by atoms with Gasteiger partial charge in [-0.15, -0.1) is 17.8 Å². The van der Waals surface area contributed by atoms with E-state index in [2.05, 4.69) is 30.3 Å². The quantitative estimate of drug-likeness (QED) is 0.338. The number of thioether (sulfide) groups is 1. The summed E-state index contributed by atoms with van der Waals surface area (Å²) in [7, 11) is 0. The number of carbonyl (C=O) groups is 1. The standard InChI is InChI=1S/C24H25N3O2S2/c1-3-12-25-20(28)15-30-24-26-22-21(18-10-9-16(2)14-19(18)31-22)23(29)27(24)13-11-17-7-5-4-6-8-17/h1,4-8,16H,9-15H2,2H3,(H,25,28). The molecule has 1 atom stereocenters. The summed E-state index contributed by atoms with van der Waals surface area (Å²) in [6, 6.07) is 10.1. The SMILES string of the molecule is C#CCNC(=O)CSc1nc2sc3c(c2c(=O)n1CCc1ccccc1)CCC(C)C3. The fraction of sp³-hybridized carbons (Fsp3) is 0.375. The molecule has 0 saturated carbocycles. The third-order valence-corrected chi connectivity index (χ3v) is 7.69. The van der Waals surface area contributed by atoms with Gasteiger partial charge in [-0.25, -0.2) is 4.98 Å². The van der Waals surface area contributed by atoms with Gasteiger partial charge in [0.2, 0.25) is 5.91 Å². The van der Waals surface area contributed by atoms with Gasteiger partial charge in [0.15, 0.2) is 5.16 Å². The van der Waals surface area contributed by atoms with Gasteiger partial charge in [-0.2, -0.15) is 0 Å². The number of rotatable bonds is 7. The Labute approximate surface area is 190 Å². The average molecular weight is 452 g/mol. The van der Waals surface area contributed by atoms with E-state index >= 15 is 0 Å². The number of hydrogen-bond donors (Lipinski definition) is 1. The first-order valence-corrected chi connectivity index (χ1v) is 12.3. The number of amides is 1. The second kappa shape index (κ2) is 9.71. The molecule has 1 amide bonds. The van der Waals surface area contributed by atoms with Gasteiger partial charge in [0.1, 0.15) is 4.83 Å². The lowest BCUT2D eigenvalue weighted by molar-refractivity contribution is -0.118. The highest BCUT2D eigenvalue weighted by Gasteiger charge is 2.25. The van der Waals surface area contributed by atoms with Crippen LogP contribution in [-0.2, 0) is 30.6 Å². The van der Waals surface area contributed by atoms with E-state index in [1.54, 1.807) is 15.9 Å². The summed E-state index contributed by atoms with van der Waals surface area (Å²) < 4.78 is 1.75. The molecule has 1 aliphatic rings. The second-order valence-electron chi connectivity index (χ2n) is 7.89. The molecule has 7 heteroatoms. The largest absolute Gasteiger partial charge is 0.344 e. The first kappa shape index (κ1) is 21.7. The van der Waals surface area contributed by atoms with E-state index in [1.807, 2.05) is 18.2 Å². The van der Waals surface area contributed by atoms with Crippen molar-refractivity contribution in [1.29, 1.82) is 0 Å².